The van der Waals surface area contributed by atoms with Gasteiger partial charge in [-0.3, -0.25) is 19.2 Å². The summed E-state index contributed by atoms with van der Waals surface area (Å²) in [6, 6.07) is 8.27. The van der Waals surface area contributed by atoms with Gasteiger partial charge in [0.15, 0.2) is 5.82 Å². The van der Waals surface area contributed by atoms with E-state index in [1.807, 2.05) is 52.0 Å². The molecule has 0 unspecified atom stereocenters. The Labute approximate surface area is 206 Å². The van der Waals surface area contributed by atoms with Crippen LogP contribution in [0.2, 0.25) is 0 Å². The maximum absolute atomic E-state index is 16.4. The van der Waals surface area contributed by atoms with E-state index in [1.54, 1.807) is 7.05 Å². The van der Waals surface area contributed by atoms with Gasteiger partial charge in [-0.05, 0) is 69.9 Å². The molecule has 3 heterocycles. The van der Waals surface area contributed by atoms with Crippen molar-refractivity contribution >= 4 is 22.3 Å². The number of anilines is 2. The minimum absolute atomic E-state index is 0.150. The van der Waals surface area contributed by atoms with Crippen LogP contribution in [0.5, 0.6) is 0 Å². The Hall–Kier alpha value is -2.93. The van der Waals surface area contributed by atoms with Crippen LogP contribution in [0.1, 0.15) is 54.7 Å². The molecule has 1 aliphatic heterocycles. The average Bonchev–Trinajstić information content (AvgIpc) is 2.79. The number of nitrogens with one attached hydrogen (secondary N) is 1. The van der Waals surface area contributed by atoms with E-state index in [0.717, 1.165) is 54.4 Å². The smallest absolute Gasteiger partial charge is 0.259 e. The molecule has 0 spiro atoms. The summed E-state index contributed by atoms with van der Waals surface area (Å²) in [4.78, 5) is 22.6. The molecule has 186 valence electrons. The van der Waals surface area contributed by atoms with Crippen LogP contribution in [-0.4, -0.2) is 46.7 Å². The molecule has 7 heteroatoms. The molecule has 0 radical (unpaired) electrons. The van der Waals surface area contributed by atoms with E-state index in [-0.39, 0.29) is 17.4 Å². The fraction of sp³-hybridized carbons (Fsp3) is 0.500. The summed E-state index contributed by atoms with van der Waals surface area (Å²) in [7, 11) is 1.70. The third-order valence-electron chi connectivity index (χ3n) is 7.85. The number of pyridine rings is 2. The van der Waals surface area contributed by atoms with Crippen molar-refractivity contribution in [2.75, 3.05) is 36.4 Å². The average molecular weight is 478 g/mol. The zero-order chi connectivity index (χ0) is 24.9. The largest absolute Gasteiger partial charge is 0.377 e. The van der Waals surface area contributed by atoms with Crippen LogP contribution >= 0.6 is 0 Å². The lowest BCUT2D eigenvalue weighted by atomic mass is 9.91. The number of halogens is 1. The summed E-state index contributed by atoms with van der Waals surface area (Å²) in [6.07, 6.45) is 3.85. The Kier molecular flexibility index (Phi) is 6.30. The van der Waals surface area contributed by atoms with E-state index in [1.165, 1.54) is 23.8 Å². The number of hydrogen-bond acceptors (Lipinski definition) is 5. The number of hydrogen-bond donors (Lipinski definition) is 1. The molecule has 1 saturated heterocycles. The Morgan fingerprint density at radius 3 is 2.43 bits per heavy atom. The Balaban J connectivity index is 1.55. The molecule has 1 saturated carbocycles. The summed E-state index contributed by atoms with van der Waals surface area (Å²) < 4.78 is 17.9. The zero-order valence-corrected chi connectivity index (χ0v) is 21.5. The van der Waals surface area contributed by atoms with E-state index in [9.17, 15) is 4.79 Å². The van der Waals surface area contributed by atoms with Crippen LogP contribution in [0.3, 0.4) is 0 Å². The molecule has 5 rings (SSSR count). The molecule has 0 amide bonds. The molecule has 2 aromatic heterocycles. The lowest BCUT2D eigenvalue weighted by Gasteiger charge is -2.43. The van der Waals surface area contributed by atoms with Gasteiger partial charge < -0.3 is 10.2 Å². The summed E-state index contributed by atoms with van der Waals surface area (Å²) >= 11 is 0. The standard InChI is InChI=1S/C28H36FN5O/c1-17-15-22(19(3)31-24-10-9-18(2)30-20(24)4)25-23(16-17)28(35)32(5)27(26(25)29)34-13-11-33(12-14-34)21-7-6-8-21/h9-10,15-16,19,21,31H,6-8,11-14H2,1-5H3/t19-/m1/s1. The van der Waals surface area contributed by atoms with E-state index in [4.69, 9.17) is 0 Å². The predicted molar refractivity (Wildman–Crippen MR) is 141 cm³/mol. The highest BCUT2D eigenvalue weighted by Gasteiger charge is 2.31. The quantitative estimate of drug-likeness (QED) is 0.570. The molecule has 1 N–H and O–H groups in total. The van der Waals surface area contributed by atoms with Crippen LogP contribution < -0.4 is 15.8 Å². The minimum atomic E-state index is -0.304. The van der Waals surface area contributed by atoms with Gasteiger partial charge in [-0.1, -0.05) is 12.5 Å². The van der Waals surface area contributed by atoms with Crippen molar-refractivity contribution in [3.8, 4) is 0 Å². The number of aryl methyl sites for hydroxylation is 3. The highest BCUT2D eigenvalue weighted by Crippen LogP contribution is 2.34. The van der Waals surface area contributed by atoms with E-state index < -0.39 is 0 Å². The summed E-state index contributed by atoms with van der Waals surface area (Å²) in [6.45, 7) is 11.2. The van der Waals surface area contributed by atoms with Gasteiger partial charge in [0.1, 0.15) is 5.82 Å². The fourth-order valence-corrected chi connectivity index (χ4v) is 5.66. The van der Waals surface area contributed by atoms with E-state index >= 15 is 4.39 Å². The first-order valence-corrected chi connectivity index (χ1v) is 12.8. The first-order chi connectivity index (χ1) is 16.7. The molecular weight excluding hydrogens is 441 g/mol. The van der Waals surface area contributed by atoms with Gasteiger partial charge in [0.25, 0.3) is 5.56 Å². The first kappa shape index (κ1) is 23.8. The Bertz CT molecular complexity index is 1320. The lowest BCUT2D eigenvalue weighted by molar-refractivity contribution is 0.120. The lowest BCUT2D eigenvalue weighted by Crippen LogP contribution is -2.53. The van der Waals surface area contributed by atoms with Crippen molar-refractivity contribution in [2.24, 2.45) is 7.05 Å². The number of nitrogens with zero attached hydrogens (tertiary/aromatic N) is 4. The van der Waals surface area contributed by atoms with Gasteiger partial charge in [0.05, 0.1) is 16.8 Å². The highest BCUT2D eigenvalue weighted by atomic mass is 19.1. The number of benzene rings is 1. The van der Waals surface area contributed by atoms with Crippen LogP contribution in [0, 0.1) is 26.6 Å². The Morgan fingerprint density at radius 1 is 1.09 bits per heavy atom. The summed E-state index contributed by atoms with van der Waals surface area (Å²) in [5.41, 5.74) is 4.36. The number of aromatic nitrogens is 2. The van der Waals surface area contributed by atoms with Gasteiger partial charge in [-0.15, -0.1) is 0 Å². The summed E-state index contributed by atoms with van der Waals surface area (Å²) in [5, 5.41) is 4.36. The molecule has 6 nitrogen and oxygen atoms in total. The second kappa shape index (κ2) is 9.26. The molecule has 1 atom stereocenters. The molecule has 1 aliphatic carbocycles. The fourth-order valence-electron chi connectivity index (χ4n) is 5.66. The number of fused-ring (bicyclic) bond motifs is 1. The first-order valence-electron chi connectivity index (χ1n) is 12.8. The van der Waals surface area contributed by atoms with E-state index in [0.29, 0.717) is 22.6 Å². The van der Waals surface area contributed by atoms with E-state index in [2.05, 4.69) is 20.1 Å². The number of piperazine rings is 1. The van der Waals surface area contributed by atoms with Crippen molar-refractivity contribution in [2.45, 2.75) is 59.0 Å². The molecular formula is C28H36FN5O. The molecule has 1 aromatic carbocycles. The molecule has 3 aromatic rings. The van der Waals surface area contributed by atoms with Gasteiger partial charge in [0, 0.05) is 56.4 Å². The van der Waals surface area contributed by atoms with Crippen LogP contribution in [-0.2, 0) is 7.05 Å². The summed E-state index contributed by atoms with van der Waals surface area (Å²) in [5.74, 6) is 0.0999. The van der Waals surface area contributed by atoms with Gasteiger partial charge in [-0.2, -0.15) is 0 Å². The SMILES string of the molecule is Cc1cc([C@@H](C)Nc2ccc(C)nc2C)c2c(F)c(N3CCN(C4CCC4)CC3)n(C)c(=O)c2c1. The van der Waals surface area contributed by atoms with Gasteiger partial charge in [0.2, 0.25) is 0 Å². The van der Waals surface area contributed by atoms with Crippen molar-refractivity contribution in [3.63, 3.8) is 0 Å². The third-order valence-corrected chi connectivity index (χ3v) is 7.85. The van der Waals surface area contributed by atoms with Crippen molar-refractivity contribution in [1.29, 1.82) is 0 Å². The number of rotatable bonds is 5. The molecule has 0 bridgehead atoms. The second-order valence-corrected chi connectivity index (χ2v) is 10.3. The van der Waals surface area contributed by atoms with Crippen molar-refractivity contribution in [1.82, 2.24) is 14.5 Å². The highest BCUT2D eigenvalue weighted by molar-refractivity contribution is 5.89. The van der Waals surface area contributed by atoms with Crippen LogP contribution in [0.15, 0.2) is 29.1 Å². The normalized spacial score (nSPS) is 18.1. The van der Waals surface area contributed by atoms with Crippen LogP contribution in [0.25, 0.3) is 10.8 Å². The predicted octanol–water partition coefficient (Wildman–Crippen LogP) is 4.85. The Morgan fingerprint density at radius 2 is 1.80 bits per heavy atom. The molecule has 2 fully saturated rings. The second-order valence-electron chi connectivity index (χ2n) is 10.3. The monoisotopic (exact) mass is 477 g/mol. The van der Waals surface area contributed by atoms with Gasteiger partial charge >= 0.3 is 0 Å². The minimum Gasteiger partial charge on any atom is -0.377 e. The maximum atomic E-state index is 16.4. The van der Waals surface area contributed by atoms with Crippen molar-refractivity contribution in [3.05, 3.63) is 63.0 Å². The molecule has 35 heavy (non-hydrogen) atoms. The zero-order valence-electron chi connectivity index (χ0n) is 21.5. The van der Waals surface area contributed by atoms with Gasteiger partial charge in [-0.25, -0.2) is 4.39 Å². The maximum Gasteiger partial charge on any atom is 0.259 e. The van der Waals surface area contributed by atoms with Crippen molar-refractivity contribution < 1.29 is 4.39 Å². The molecule has 2 aliphatic rings. The topological polar surface area (TPSA) is 53.4 Å². The third kappa shape index (κ3) is 4.31. The van der Waals surface area contributed by atoms with Crippen LogP contribution in [0.4, 0.5) is 15.9 Å².